The summed E-state index contributed by atoms with van der Waals surface area (Å²) in [6, 6.07) is 19.9. The lowest BCUT2D eigenvalue weighted by Crippen LogP contribution is -2.31. The van der Waals surface area contributed by atoms with Crippen molar-refractivity contribution in [3.05, 3.63) is 98.9 Å². The van der Waals surface area contributed by atoms with Crippen LogP contribution in [0.2, 0.25) is 10.0 Å². The lowest BCUT2D eigenvalue weighted by molar-refractivity contribution is -0.123. The smallest absolute Gasteiger partial charge is 0.360 e. The molecule has 1 amide bonds. The van der Waals surface area contributed by atoms with Crippen LogP contribution in [0.25, 0.3) is 16.5 Å². The number of rotatable bonds is 5. The number of fused-ring (bicyclic) bond motifs is 1. The van der Waals surface area contributed by atoms with E-state index in [0.29, 0.717) is 32.2 Å². The molecule has 7 nitrogen and oxygen atoms in total. The number of aromatic nitrogens is 2. The number of nitrogens with zero attached hydrogens (tertiary/aromatic N) is 2. The molecular weight excluding hydrogens is 465 g/mol. The minimum atomic E-state index is -1.16. The molecule has 1 N–H and O–H groups in total. The zero-order chi connectivity index (χ0) is 23.5. The summed E-state index contributed by atoms with van der Waals surface area (Å²) >= 11 is 11.9. The first-order chi connectivity index (χ1) is 15.8. The van der Waals surface area contributed by atoms with Crippen LogP contribution in [0.5, 0.6) is 0 Å². The molecule has 1 aromatic heterocycles. The molecule has 0 radical (unpaired) electrons. The first-order valence-corrected chi connectivity index (χ1v) is 10.6. The first-order valence-electron chi connectivity index (χ1n) is 9.89. The fourth-order valence-electron chi connectivity index (χ4n) is 3.22. The van der Waals surface area contributed by atoms with Crippen LogP contribution >= 0.6 is 23.2 Å². The number of carbonyl (C=O) groups is 2. The molecule has 33 heavy (non-hydrogen) atoms. The number of benzene rings is 3. The van der Waals surface area contributed by atoms with Gasteiger partial charge in [-0.05, 0) is 43.3 Å². The van der Waals surface area contributed by atoms with Gasteiger partial charge in [0.15, 0.2) is 11.8 Å². The molecule has 4 aromatic rings. The highest BCUT2D eigenvalue weighted by atomic mass is 35.5. The van der Waals surface area contributed by atoms with Gasteiger partial charge >= 0.3 is 5.97 Å². The number of anilines is 1. The molecule has 3 aromatic carbocycles. The summed E-state index contributed by atoms with van der Waals surface area (Å²) < 4.78 is 6.51. The Balaban J connectivity index is 1.64. The average Bonchev–Trinajstić information content (AvgIpc) is 2.79. The topological polar surface area (TPSA) is 90.3 Å². The highest BCUT2D eigenvalue weighted by molar-refractivity contribution is 6.35. The van der Waals surface area contributed by atoms with Gasteiger partial charge in [-0.3, -0.25) is 9.59 Å². The molecule has 0 bridgehead atoms. The molecule has 0 saturated heterocycles. The Kier molecular flexibility index (Phi) is 6.44. The second-order valence-electron chi connectivity index (χ2n) is 7.14. The van der Waals surface area contributed by atoms with Gasteiger partial charge in [0.2, 0.25) is 0 Å². The summed E-state index contributed by atoms with van der Waals surface area (Å²) in [6.07, 6.45) is -1.16. The molecule has 0 fully saturated rings. The number of carbonyl (C=O) groups excluding carboxylic acids is 2. The summed E-state index contributed by atoms with van der Waals surface area (Å²) in [5.41, 5.74) is 0.393. The second kappa shape index (κ2) is 9.44. The van der Waals surface area contributed by atoms with Gasteiger partial charge in [0, 0.05) is 21.1 Å². The standard InChI is InChI=1S/C24H17Cl2N3O4/c1-14(22(30)27-17-12-15(25)11-16(26)13-17)33-24(32)21-19-9-5-6-10-20(19)23(31)29(28-21)18-7-3-2-4-8-18/h2-14H,1H3,(H,27,30). The van der Waals surface area contributed by atoms with Gasteiger partial charge in [0.1, 0.15) is 0 Å². The number of para-hydroxylation sites is 1. The number of ether oxygens (including phenoxy) is 1. The Morgan fingerprint density at radius 2 is 1.55 bits per heavy atom. The van der Waals surface area contributed by atoms with Crippen LogP contribution in [-0.4, -0.2) is 27.8 Å². The zero-order valence-electron chi connectivity index (χ0n) is 17.3. The Morgan fingerprint density at radius 1 is 0.939 bits per heavy atom. The molecule has 0 saturated carbocycles. The Labute approximate surface area is 198 Å². The number of halogens is 2. The maximum Gasteiger partial charge on any atom is 0.360 e. The highest BCUT2D eigenvalue weighted by Gasteiger charge is 2.24. The maximum absolute atomic E-state index is 13.0. The Morgan fingerprint density at radius 3 is 2.21 bits per heavy atom. The number of nitrogens with one attached hydrogen (secondary N) is 1. The largest absolute Gasteiger partial charge is 0.448 e. The number of hydrogen-bond donors (Lipinski definition) is 1. The summed E-state index contributed by atoms with van der Waals surface area (Å²) in [5, 5.41) is 8.18. The number of hydrogen-bond acceptors (Lipinski definition) is 5. The summed E-state index contributed by atoms with van der Waals surface area (Å²) in [7, 11) is 0. The predicted octanol–water partition coefficient (Wildman–Crippen LogP) is 4.88. The third kappa shape index (κ3) is 4.89. The van der Waals surface area contributed by atoms with Crippen molar-refractivity contribution in [2.24, 2.45) is 0 Å². The van der Waals surface area contributed by atoms with E-state index in [1.54, 1.807) is 54.6 Å². The van der Waals surface area contributed by atoms with Crippen LogP contribution in [0.1, 0.15) is 17.4 Å². The SMILES string of the molecule is CC(OC(=O)c1nn(-c2ccccc2)c(=O)c2ccccc12)C(=O)Nc1cc(Cl)cc(Cl)c1. The van der Waals surface area contributed by atoms with Crippen molar-refractivity contribution in [1.29, 1.82) is 0 Å². The van der Waals surface area contributed by atoms with E-state index in [4.69, 9.17) is 27.9 Å². The van der Waals surface area contributed by atoms with E-state index in [-0.39, 0.29) is 11.3 Å². The lowest BCUT2D eigenvalue weighted by atomic mass is 10.1. The third-order valence-corrected chi connectivity index (χ3v) is 5.22. The van der Waals surface area contributed by atoms with Crippen LogP contribution in [0, 0.1) is 0 Å². The second-order valence-corrected chi connectivity index (χ2v) is 8.01. The molecule has 9 heteroatoms. The molecule has 0 spiro atoms. The van der Waals surface area contributed by atoms with Crippen molar-refractivity contribution in [3.8, 4) is 5.69 Å². The van der Waals surface area contributed by atoms with Gasteiger partial charge in [0.05, 0.1) is 11.1 Å². The van der Waals surface area contributed by atoms with E-state index in [1.807, 2.05) is 0 Å². The fourth-order valence-corrected chi connectivity index (χ4v) is 3.75. The van der Waals surface area contributed by atoms with Gasteiger partial charge in [-0.15, -0.1) is 0 Å². The fraction of sp³-hybridized carbons (Fsp3) is 0.0833. The van der Waals surface area contributed by atoms with E-state index in [9.17, 15) is 14.4 Å². The Hall–Kier alpha value is -3.68. The maximum atomic E-state index is 13.0. The van der Waals surface area contributed by atoms with Gasteiger partial charge in [-0.2, -0.15) is 9.78 Å². The summed E-state index contributed by atoms with van der Waals surface area (Å²) in [5.74, 6) is -1.43. The molecule has 1 atom stereocenters. The van der Waals surface area contributed by atoms with Crippen LogP contribution in [0.3, 0.4) is 0 Å². The van der Waals surface area contributed by atoms with E-state index < -0.39 is 18.0 Å². The molecule has 0 aliphatic carbocycles. The first kappa shape index (κ1) is 22.5. The third-order valence-electron chi connectivity index (χ3n) is 4.78. The normalized spacial score (nSPS) is 11.7. The van der Waals surface area contributed by atoms with Crippen LogP contribution in [0.15, 0.2) is 77.6 Å². The number of esters is 1. The van der Waals surface area contributed by atoms with Crippen molar-refractivity contribution in [2.45, 2.75) is 13.0 Å². The lowest BCUT2D eigenvalue weighted by Gasteiger charge is -2.15. The van der Waals surface area contributed by atoms with Crippen LogP contribution < -0.4 is 10.9 Å². The van der Waals surface area contributed by atoms with Gasteiger partial charge in [-0.25, -0.2) is 4.79 Å². The number of amides is 1. The van der Waals surface area contributed by atoms with Gasteiger partial charge in [0.25, 0.3) is 11.5 Å². The van der Waals surface area contributed by atoms with Crippen molar-refractivity contribution < 1.29 is 14.3 Å². The molecule has 1 heterocycles. The minimum Gasteiger partial charge on any atom is -0.448 e. The van der Waals surface area contributed by atoms with E-state index >= 15 is 0 Å². The molecule has 0 aliphatic rings. The summed E-state index contributed by atoms with van der Waals surface area (Å²) in [4.78, 5) is 38.5. The van der Waals surface area contributed by atoms with Crippen molar-refractivity contribution in [1.82, 2.24) is 9.78 Å². The molecule has 0 aliphatic heterocycles. The monoisotopic (exact) mass is 481 g/mol. The summed E-state index contributed by atoms with van der Waals surface area (Å²) in [6.45, 7) is 1.43. The van der Waals surface area contributed by atoms with Gasteiger partial charge in [-0.1, -0.05) is 59.6 Å². The zero-order valence-corrected chi connectivity index (χ0v) is 18.8. The van der Waals surface area contributed by atoms with E-state index in [2.05, 4.69) is 10.4 Å². The van der Waals surface area contributed by atoms with Crippen molar-refractivity contribution in [3.63, 3.8) is 0 Å². The van der Waals surface area contributed by atoms with Crippen LogP contribution in [0.4, 0.5) is 5.69 Å². The molecule has 1 unspecified atom stereocenters. The average molecular weight is 482 g/mol. The van der Waals surface area contributed by atoms with Crippen molar-refractivity contribution >= 4 is 51.5 Å². The van der Waals surface area contributed by atoms with E-state index in [1.165, 1.54) is 25.1 Å². The van der Waals surface area contributed by atoms with Gasteiger partial charge < -0.3 is 10.1 Å². The minimum absolute atomic E-state index is 0.0838. The Bertz CT molecular complexity index is 1400. The molecule has 166 valence electrons. The molecular formula is C24H17Cl2N3O4. The highest BCUT2D eigenvalue weighted by Crippen LogP contribution is 2.23. The van der Waals surface area contributed by atoms with Crippen molar-refractivity contribution in [2.75, 3.05) is 5.32 Å². The predicted molar refractivity (Wildman–Crippen MR) is 127 cm³/mol. The molecule has 4 rings (SSSR count). The quantitative estimate of drug-likeness (QED) is 0.410. The van der Waals surface area contributed by atoms with Crippen LogP contribution in [-0.2, 0) is 9.53 Å². The van der Waals surface area contributed by atoms with E-state index in [0.717, 1.165) is 4.68 Å².